The van der Waals surface area contributed by atoms with E-state index in [2.05, 4.69) is 6.07 Å². The summed E-state index contributed by atoms with van der Waals surface area (Å²) in [6.45, 7) is 0.405. The molecule has 1 saturated carbocycles. The summed E-state index contributed by atoms with van der Waals surface area (Å²) >= 11 is 0. The Hall–Kier alpha value is -1.89. The first-order valence-corrected chi connectivity index (χ1v) is 6.99. The fraction of sp³-hybridized carbons (Fsp3) is 0.500. The van der Waals surface area contributed by atoms with Crippen LogP contribution < -0.4 is 0 Å². The molecule has 1 aliphatic carbocycles. The Kier molecular flexibility index (Phi) is 4.39. The molecular weight excluding hydrogens is 255 g/mol. The van der Waals surface area contributed by atoms with Crippen LogP contribution in [0.2, 0.25) is 0 Å². The highest BCUT2D eigenvalue weighted by atomic mass is 19.1. The average molecular weight is 274 g/mol. The van der Waals surface area contributed by atoms with Crippen molar-refractivity contribution < 1.29 is 9.18 Å². The first-order valence-electron chi connectivity index (χ1n) is 6.99. The molecule has 1 aromatic carbocycles. The largest absolute Gasteiger partial charge is 0.340 e. The van der Waals surface area contributed by atoms with Crippen molar-refractivity contribution in [3.05, 3.63) is 35.6 Å². The monoisotopic (exact) mass is 274 g/mol. The second kappa shape index (κ2) is 6.04. The van der Waals surface area contributed by atoms with Crippen LogP contribution in [-0.4, -0.2) is 17.9 Å². The minimum Gasteiger partial charge on any atom is -0.340 e. The van der Waals surface area contributed by atoms with Crippen LogP contribution in [0.25, 0.3) is 0 Å². The number of rotatable bonds is 3. The Morgan fingerprint density at radius 3 is 2.45 bits per heavy atom. The summed E-state index contributed by atoms with van der Waals surface area (Å²) in [5.74, 6) is -0.396. The van der Waals surface area contributed by atoms with Crippen molar-refractivity contribution in [2.75, 3.05) is 7.05 Å². The summed E-state index contributed by atoms with van der Waals surface area (Å²) in [7, 11) is 1.71. The van der Waals surface area contributed by atoms with E-state index < -0.39 is 5.41 Å². The lowest BCUT2D eigenvalue weighted by Gasteiger charge is -2.33. The lowest BCUT2D eigenvalue weighted by Crippen LogP contribution is -2.42. The van der Waals surface area contributed by atoms with Crippen LogP contribution in [0.3, 0.4) is 0 Å². The number of carbonyl (C=O) groups is 1. The van der Waals surface area contributed by atoms with Gasteiger partial charge in [-0.2, -0.15) is 5.26 Å². The highest BCUT2D eigenvalue weighted by Crippen LogP contribution is 2.37. The van der Waals surface area contributed by atoms with E-state index in [-0.39, 0.29) is 11.7 Å². The number of benzene rings is 1. The zero-order chi connectivity index (χ0) is 14.6. The standard InChI is InChI=1S/C16H19FN2O/c1-19(11-13-5-7-14(17)8-6-13)15(20)16(12-18)9-3-2-4-10-16/h5-8H,2-4,9-11H2,1H3. The van der Waals surface area contributed by atoms with Crippen LogP contribution in [0.15, 0.2) is 24.3 Å². The predicted octanol–water partition coefficient (Wildman–Crippen LogP) is 3.26. The van der Waals surface area contributed by atoms with E-state index in [1.165, 1.54) is 12.1 Å². The fourth-order valence-corrected chi connectivity index (χ4v) is 2.83. The predicted molar refractivity (Wildman–Crippen MR) is 74.0 cm³/mol. The first kappa shape index (κ1) is 14.5. The van der Waals surface area contributed by atoms with Gasteiger partial charge in [0.2, 0.25) is 5.91 Å². The molecule has 1 aromatic rings. The van der Waals surface area contributed by atoms with Crippen LogP contribution in [0.5, 0.6) is 0 Å². The van der Waals surface area contributed by atoms with Gasteiger partial charge in [0, 0.05) is 13.6 Å². The fourth-order valence-electron chi connectivity index (χ4n) is 2.83. The SMILES string of the molecule is CN(Cc1ccc(F)cc1)C(=O)C1(C#N)CCCCC1. The maximum atomic E-state index is 12.9. The molecular formula is C16H19FN2O. The van der Waals surface area contributed by atoms with Crippen molar-refractivity contribution in [1.82, 2.24) is 4.90 Å². The van der Waals surface area contributed by atoms with Gasteiger partial charge in [0.1, 0.15) is 11.2 Å². The van der Waals surface area contributed by atoms with Crippen molar-refractivity contribution in [3.63, 3.8) is 0 Å². The maximum absolute atomic E-state index is 12.9. The third-order valence-electron chi connectivity index (χ3n) is 4.01. The quantitative estimate of drug-likeness (QED) is 0.849. The molecule has 1 fully saturated rings. The number of hydrogen-bond acceptors (Lipinski definition) is 2. The van der Waals surface area contributed by atoms with Crippen molar-refractivity contribution in [1.29, 1.82) is 5.26 Å². The summed E-state index contributed by atoms with van der Waals surface area (Å²) in [5, 5.41) is 9.42. The van der Waals surface area contributed by atoms with Gasteiger partial charge in [-0.1, -0.05) is 31.4 Å². The molecule has 106 valence electrons. The number of nitrogens with zero attached hydrogens (tertiary/aromatic N) is 2. The van der Waals surface area contributed by atoms with Gasteiger partial charge in [-0.25, -0.2) is 4.39 Å². The summed E-state index contributed by atoms with van der Waals surface area (Å²) in [5.41, 5.74) is 0.0127. The van der Waals surface area contributed by atoms with Gasteiger partial charge < -0.3 is 4.90 Å². The molecule has 0 atom stereocenters. The Morgan fingerprint density at radius 2 is 1.90 bits per heavy atom. The Morgan fingerprint density at radius 1 is 1.30 bits per heavy atom. The molecule has 0 aromatic heterocycles. The Labute approximate surface area is 119 Å². The minimum atomic E-state index is -0.854. The van der Waals surface area contributed by atoms with E-state index in [0.29, 0.717) is 19.4 Å². The Balaban J connectivity index is 2.07. The van der Waals surface area contributed by atoms with E-state index in [4.69, 9.17) is 0 Å². The molecule has 4 heteroatoms. The second-order valence-corrected chi connectivity index (χ2v) is 5.54. The third kappa shape index (κ3) is 2.98. The molecule has 0 saturated heterocycles. The molecule has 0 bridgehead atoms. The van der Waals surface area contributed by atoms with Crippen molar-refractivity contribution >= 4 is 5.91 Å². The normalized spacial score (nSPS) is 17.2. The van der Waals surface area contributed by atoms with E-state index in [1.807, 2.05) is 0 Å². The molecule has 0 unspecified atom stereocenters. The van der Waals surface area contributed by atoms with Crippen LogP contribution >= 0.6 is 0 Å². The summed E-state index contributed by atoms with van der Waals surface area (Å²) in [6.07, 6.45) is 4.26. The first-order chi connectivity index (χ1) is 9.57. The van der Waals surface area contributed by atoms with Crippen molar-refractivity contribution in [2.24, 2.45) is 5.41 Å². The third-order valence-corrected chi connectivity index (χ3v) is 4.01. The smallest absolute Gasteiger partial charge is 0.243 e. The number of amides is 1. The highest BCUT2D eigenvalue weighted by molar-refractivity contribution is 5.85. The van der Waals surface area contributed by atoms with Crippen LogP contribution in [0, 0.1) is 22.6 Å². The van der Waals surface area contributed by atoms with Gasteiger partial charge >= 0.3 is 0 Å². The lowest BCUT2D eigenvalue weighted by molar-refractivity contribution is -0.139. The van der Waals surface area contributed by atoms with Gasteiger partial charge in [-0.15, -0.1) is 0 Å². The number of halogens is 1. The molecule has 20 heavy (non-hydrogen) atoms. The Bertz CT molecular complexity index is 512. The van der Waals surface area contributed by atoms with Crippen molar-refractivity contribution in [2.45, 2.75) is 38.6 Å². The molecule has 0 spiro atoms. The second-order valence-electron chi connectivity index (χ2n) is 5.54. The molecule has 1 amide bonds. The van der Waals surface area contributed by atoms with Crippen LogP contribution in [0.1, 0.15) is 37.7 Å². The number of carbonyl (C=O) groups excluding carboxylic acids is 1. The zero-order valence-corrected chi connectivity index (χ0v) is 11.7. The van der Waals surface area contributed by atoms with E-state index in [9.17, 15) is 14.4 Å². The number of nitriles is 1. The molecule has 0 aliphatic heterocycles. The molecule has 3 nitrogen and oxygen atoms in total. The van der Waals surface area contributed by atoms with Crippen LogP contribution in [-0.2, 0) is 11.3 Å². The molecule has 0 heterocycles. The van der Waals surface area contributed by atoms with Crippen LogP contribution in [0.4, 0.5) is 4.39 Å². The van der Waals surface area contributed by atoms with E-state index in [0.717, 1.165) is 24.8 Å². The molecule has 0 radical (unpaired) electrons. The lowest BCUT2D eigenvalue weighted by atomic mass is 9.74. The summed E-state index contributed by atoms with van der Waals surface area (Å²) < 4.78 is 12.9. The van der Waals surface area contributed by atoms with Crippen molar-refractivity contribution in [3.8, 4) is 6.07 Å². The molecule has 2 rings (SSSR count). The summed E-state index contributed by atoms with van der Waals surface area (Å²) in [6, 6.07) is 8.34. The number of hydrogen-bond donors (Lipinski definition) is 0. The van der Waals surface area contributed by atoms with Gasteiger partial charge in [-0.3, -0.25) is 4.79 Å². The van der Waals surface area contributed by atoms with Gasteiger partial charge in [0.15, 0.2) is 0 Å². The molecule has 1 aliphatic rings. The minimum absolute atomic E-state index is 0.107. The average Bonchev–Trinajstić information content (AvgIpc) is 2.49. The van der Waals surface area contributed by atoms with Gasteiger partial charge in [0.25, 0.3) is 0 Å². The van der Waals surface area contributed by atoms with E-state index in [1.54, 1.807) is 24.1 Å². The summed E-state index contributed by atoms with van der Waals surface area (Å²) in [4.78, 5) is 14.1. The van der Waals surface area contributed by atoms with Gasteiger partial charge in [0.05, 0.1) is 6.07 Å². The van der Waals surface area contributed by atoms with E-state index >= 15 is 0 Å². The highest BCUT2D eigenvalue weighted by Gasteiger charge is 2.41. The topological polar surface area (TPSA) is 44.1 Å². The zero-order valence-electron chi connectivity index (χ0n) is 11.7. The maximum Gasteiger partial charge on any atom is 0.243 e. The van der Waals surface area contributed by atoms with Gasteiger partial charge in [-0.05, 0) is 30.5 Å². The molecule has 0 N–H and O–H groups in total.